The van der Waals surface area contributed by atoms with E-state index < -0.39 is 82.0 Å². The molecule has 0 spiro atoms. The predicted molar refractivity (Wildman–Crippen MR) is 287 cm³/mol. The van der Waals surface area contributed by atoms with Crippen LogP contribution in [0.3, 0.4) is 0 Å². The van der Waals surface area contributed by atoms with Crippen molar-refractivity contribution in [2.45, 2.75) is 148 Å². The lowest BCUT2D eigenvalue weighted by atomic mass is 9.43. The monoisotopic (exact) mass is 1100 g/mol. The molecular formula is C57H76F2O13S3. The number of hydrogen-bond donors (Lipinski definition) is 2. The Kier molecular flexibility index (Phi) is 23.3. The molecule has 3 fully saturated rings. The van der Waals surface area contributed by atoms with Crippen molar-refractivity contribution < 1.29 is 71.4 Å². The van der Waals surface area contributed by atoms with Crippen LogP contribution in [0.4, 0.5) is 18.4 Å². The predicted octanol–water partition coefficient (Wildman–Crippen LogP) is 12.7. The molecule has 0 radical (unpaired) electrons. The van der Waals surface area contributed by atoms with E-state index in [1.165, 1.54) is 58.2 Å². The van der Waals surface area contributed by atoms with Gasteiger partial charge in [0.05, 0.1) is 6.10 Å². The van der Waals surface area contributed by atoms with Gasteiger partial charge in [-0.1, -0.05) is 124 Å². The van der Waals surface area contributed by atoms with E-state index in [1.807, 2.05) is 13.0 Å². The van der Waals surface area contributed by atoms with E-state index in [0.717, 1.165) is 58.2 Å². The minimum Gasteiger partial charge on any atom is -0.508 e. The number of fused-ring (bicyclic) bond motifs is 5. The number of phenols is 1. The van der Waals surface area contributed by atoms with Crippen LogP contribution in [0.15, 0.2) is 72.3 Å². The molecule has 0 saturated heterocycles. The van der Waals surface area contributed by atoms with Gasteiger partial charge in [-0.2, -0.15) is 0 Å². The second-order valence-electron chi connectivity index (χ2n) is 20.6. The number of thioether (sulfide) groups is 1. The molecule has 2 aromatic carbocycles. The summed E-state index contributed by atoms with van der Waals surface area (Å²) in [6.45, 7) is 8.40. The van der Waals surface area contributed by atoms with E-state index in [2.05, 4.69) is 24.3 Å². The quantitative estimate of drug-likeness (QED) is 0.0339. The molecule has 3 saturated carbocycles. The van der Waals surface area contributed by atoms with Crippen molar-refractivity contribution in [2.75, 3.05) is 43.9 Å². The molecule has 0 aromatic heterocycles. The number of aliphatic hydroxyl groups is 1. The highest BCUT2D eigenvalue weighted by atomic mass is 33.1. The number of aromatic hydroxyl groups is 1. The Morgan fingerprint density at radius 3 is 2.23 bits per heavy atom. The molecule has 6 rings (SSSR count). The van der Waals surface area contributed by atoms with E-state index in [4.69, 9.17) is 28.4 Å². The lowest BCUT2D eigenvalue weighted by Crippen LogP contribution is -2.66. The first-order valence-corrected chi connectivity index (χ1v) is 30.1. The summed E-state index contributed by atoms with van der Waals surface area (Å²) >= 11 is 0.430. The fraction of sp³-hybridized carbons (Fsp3) is 0.632. The van der Waals surface area contributed by atoms with Gasteiger partial charge in [0.15, 0.2) is 11.4 Å². The fourth-order valence-corrected chi connectivity index (χ4v) is 14.6. The SMILES string of the molecule is CCC(=O)O[C@]1(C(=O)SCF)[C@H](C)C[C@H]2[C@@H]3C[C@H](F)C4=CC(=O)C=C[C@@H]4[C@@]3(C)[C@@H](OC(=O)OCCSSCCOC(=O)OCc3cc(C(O)CCCCCCCOCCCCCc4ccccc4)ccc3O)C[C@@]21C. The molecule has 13 nitrogen and oxygen atoms in total. The normalized spacial score (nSPS) is 27.0. The molecule has 0 heterocycles. The van der Waals surface area contributed by atoms with Crippen LogP contribution in [-0.4, -0.2) is 101 Å². The smallest absolute Gasteiger partial charge is 0.508 e. The number of benzene rings is 2. The van der Waals surface area contributed by atoms with Crippen molar-refractivity contribution in [2.24, 2.45) is 34.5 Å². The summed E-state index contributed by atoms with van der Waals surface area (Å²) in [5.74, 6) is -2.37. The van der Waals surface area contributed by atoms with Crippen molar-refractivity contribution in [3.05, 3.63) is 89.0 Å². The topological polar surface area (TPSA) is 181 Å². The van der Waals surface area contributed by atoms with Gasteiger partial charge in [0.25, 0.3) is 0 Å². The third kappa shape index (κ3) is 15.1. The van der Waals surface area contributed by atoms with E-state index in [1.54, 1.807) is 39.0 Å². The number of phenolic OH excluding ortho intramolecular Hbond substituents is 1. The Balaban J connectivity index is 0.879. The summed E-state index contributed by atoms with van der Waals surface area (Å²) in [4.78, 5) is 65.5. The number of alkyl halides is 2. The zero-order chi connectivity index (χ0) is 54.0. The summed E-state index contributed by atoms with van der Waals surface area (Å²) in [5.41, 5.74) is -1.25. The molecule has 4 aliphatic rings. The number of aliphatic hydroxyl groups excluding tert-OH is 1. The Morgan fingerprint density at radius 2 is 1.52 bits per heavy atom. The van der Waals surface area contributed by atoms with E-state index >= 15 is 4.39 Å². The Morgan fingerprint density at radius 1 is 0.840 bits per heavy atom. The minimum absolute atomic E-state index is 0.0164. The van der Waals surface area contributed by atoms with Crippen LogP contribution < -0.4 is 0 Å². The standard InChI is InChI=1S/C57H76F2O13S3/c1-5-51(63)72-57(52(64)73-37-58)38(2)31-45-46-34-47(59)43-33-42(60)22-23-44(43)56(46,4)50(35-55(45,57)3)71-54(66)69-28-30-75-74-29-27-68-53(65)70-36-41-32-40(21-24-49(41)62)48(61)20-14-7-6-8-15-25-67-26-16-10-13-19-39-17-11-9-12-18-39/h9,11-12,17-18,21-24,32-33,38,44-48,50,61-62H,5-8,10,13-16,19-20,25-31,34-37H2,1-4H3/t38-,44+,45+,46+,47+,48?,50+,55+,56-,57+/m1/s1. The maximum atomic E-state index is 16.2. The molecule has 18 heteroatoms. The highest BCUT2D eigenvalue weighted by Crippen LogP contribution is 2.72. The number of ether oxygens (including phenoxy) is 6. The molecule has 75 heavy (non-hydrogen) atoms. The molecule has 1 unspecified atom stereocenters. The zero-order valence-electron chi connectivity index (χ0n) is 43.8. The van der Waals surface area contributed by atoms with Gasteiger partial charge in [0.2, 0.25) is 5.12 Å². The number of unbranched alkanes of at least 4 members (excludes halogenated alkanes) is 6. The number of aryl methyl sites for hydroxylation is 1. The lowest BCUT2D eigenvalue weighted by Gasteiger charge is -2.62. The second-order valence-corrected chi connectivity index (χ2v) is 24.2. The van der Waals surface area contributed by atoms with Crippen LogP contribution in [0.5, 0.6) is 5.75 Å². The highest BCUT2D eigenvalue weighted by Gasteiger charge is 2.75. The van der Waals surface area contributed by atoms with Crippen LogP contribution in [0, 0.1) is 34.5 Å². The second kappa shape index (κ2) is 29.0. The summed E-state index contributed by atoms with van der Waals surface area (Å²) in [6.07, 6.45) is 9.72. The van der Waals surface area contributed by atoms with Gasteiger partial charge in [0.1, 0.15) is 43.9 Å². The van der Waals surface area contributed by atoms with Gasteiger partial charge in [-0.3, -0.25) is 14.4 Å². The van der Waals surface area contributed by atoms with Crippen LogP contribution in [0.25, 0.3) is 0 Å². The molecule has 0 aliphatic heterocycles. The molecule has 4 aliphatic carbocycles. The largest absolute Gasteiger partial charge is 0.508 e. The highest BCUT2D eigenvalue weighted by molar-refractivity contribution is 8.76. The van der Waals surface area contributed by atoms with Crippen LogP contribution >= 0.6 is 33.3 Å². The molecule has 2 N–H and O–H groups in total. The van der Waals surface area contributed by atoms with Gasteiger partial charge in [0, 0.05) is 59.4 Å². The number of allylic oxidation sites excluding steroid dienone is 4. The van der Waals surface area contributed by atoms with Crippen molar-refractivity contribution in [3.8, 4) is 5.75 Å². The summed E-state index contributed by atoms with van der Waals surface area (Å²) in [5, 5.41) is 20.6. The van der Waals surface area contributed by atoms with Gasteiger partial charge >= 0.3 is 18.3 Å². The third-order valence-corrected chi connectivity index (χ3v) is 19.0. The van der Waals surface area contributed by atoms with E-state index in [-0.39, 0.29) is 56.5 Å². The van der Waals surface area contributed by atoms with Crippen molar-refractivity contribution in [1.82, 2.24) is 0 Å². The maximum Gasteiger partial charge on any atom is 0.508 e. The van der Waals surface area contributed by atoms with Crippen LogP contribution in [-0.2, 0) is 55.8 Å². The summed E-state index contributed by atoms with van der Waals surface area (Å²) in [7, 11) is 2.73. The van der Waals surface area contributed by atoms with Crippen molar-refractivity contribution >= 4 is 62.5 Å². The molecule has 0 bridgehead atoms. The number of carbonyl (C=O) groups is 5. The van der Waals surface area contributed by atoms with E-state index in [0.29, 0.717) is 52.8 Å². The first-order valence-electron chi connectivity index (χ1n) is 26.6. The van der Waals surface area contributed by atoms with Gasteiger partial charge in [-0.25, -0.2) is 18.4 Å². The summed E-state index contributed by atoms with van der Waals surface area (Å²) in [6, 6.07) is 14.3. The molecule has 2 aromatic rings. The van der Waals surface area contributed by atoms with Gasteiger partial charge in [-0.15, -0.1) is 0 Å². The Hall–Kier alpha value is -4.10. The Labute approximate surface area is 453 Å². The number of esters is 1. The maximum absolute atomic E-state index is 16.2. The van der Waals surface area contributed by atoms with E-state index in [9.17, 15) is 38.6 Å². The first-order chi connectivity index (χ1) is 36.1. The first kappa shape index (κ1) is 60.1. The number of rotatable bonds is 29. The number of carbonyl (C=O) groups excluding carboxylic acids is 5. The number of halogens is 2. The van der Waals surface area contributed by atoms with Gasteiger partial charge in [-0.05, 0) is 116 Å². The van der Waals surface area contributed by atoms with Crippen molar-refractivity contribution in [1.29, 1.82) is 0 Å². The molecule has 10 atom stereocenters. The van der Waals surface area contributed by atoms with Crippen LogP contribution in [0.2, 0.25) is 0 Å². The fourth-order valence-electron chi connectivity index (χ4n) is 12.2. The average molecular weight is 1100 g/mol. The average Bonchev–Trinajstić information content (AvgIpc) is 3.75. The van der Waals surface area contributed by atoms with Crippen LogP contribution in [0.1, 0.15) is 134 Å². The third-order valence-electron chi connectivity index (χ3n) is 16.0. The zero-order valence-corrected chi connectivity index (χ0v) is 46.3. The minimum atomic E-state index is -1.78. The summed E-state index contributed by atoms with van der Waals surface area (Å²) < 4.78 is 64.2. The lowest BCUT2D eigenvalue weighted by molar-refractivity contribution is -0.213. The molecule has 414 valence electrons. The number of ketones is 1. The number of hydrogen-bond acceptors (Lipinski definition) is 16. The molecular weight excluding hydrogens is 1030 g/mol. The van der Waals surface area contributed by atoms with Crippen molar-refractivity contribution in [3.63, 3.8) is 0 Å². The molecule has 0 amide bonds. The van der Waals surface area contributed by atoms with Gasteiger partial charge < -0.3 is 38.6 Å². The Bertz CT molecular complexity index is 2290.